The molecule has 2 aliphatic heterocycles. The monoisotopic (exact) mass is 359 g/mol. The molecule has 12 heteroatoms. The van der Waals surface area contributed by atoms with Crippen LogP contribution >= 0.6 is 0 Å². The maximum Gasteiger partial charge on any atom is 0.368 e. The Morgan fingerprint density at radius 1 is 0.875 bits per heavy atom. The van der Waals surface area contributed by atoms with E-state index in [9.17, 15) is 35.9 Å². The van der Waals surface area contributed by atoms with Gasteiger partial charge in [-0.15, -0.1) is 5.26 Å². The zero-order valence-corrected chi connectivity index (χ0v) is 12.5. The lowest BCUT2D eigenvalue weighted by Crippen LogP contribution is -2.63. The minimum atomic E-state index is -2.46. The van der Waals surface area contributed by atoms with Gasteiger partial charge in [0.1, 0.15) is 31.0 Å². The van der Waals surface area contributed by atoms with Crippen molar-refractivity contribution in [2.24, 2.45) is 0 Å². The van der Waals surface area contributed by atoms with Crippen LogP contribution in [0, 0.1) is 0 Å². The minimum absolute atomic E-state index is 0.739. The third kappa shape index (κ3) is 2.94. The molecule has 9 N–H and O–H groups in total. The molecule has 2 aliphatic rings. The standard InChI is InChI=1S/C12H23O12/c13-1-4-6(16)8(18)9(19)11(22-4)23-12(3-15)10(20)7(17)5(2-14)24(12)21/h4-11,13-21H,1-3H2/q+1/t4-,5-,6-,7-,8+,9-,10+,11-,12-/m1/s1. The molecule has 0 spiro atoms. The Hall–Kier alpha value is -0.480. The molecule has 2 fully saturated rings. The number of ether oxygens (including phenoxy) is 2. The van der Waals surface area contributed by atoms with Crippen molar-refractivity contribution in [2.75, 3.05) is 19.8 Å². The average molecular weight is 359 g/mol. The van der Waals surface area contributed by atoms with E-state index in [0.717, 1.165) is 4.52 Å². The highest BCUT2D eigenvalue weighted by Crippen LogP contribution is 2.40. The lowest BCUT2D eigenvalue weighted by atomic mass is 9.99. The van der Waals surface area contributed by atoms with Crippen LogP contribution in [0.15, 0.2) is 0 Å². The van der Waals surface area contributed by atoms with Crippen molar-refractivity contribution < 1.29 is 60.1 Å². The molecule has 0 aromatic rings. The van der Waals surface area contributed by atoms with Crippen LogP contribution < -0.4 is 0 Å². The summed E-state index contributed by atoms with van der Waals surface area (Å²) in [4.78, 5) is 0. The summed E-state index contributed by atoms with van der Waals surface area (Å²) >= 11 is 0. The quantitative estimate of drug-likeness (QED) is 0.167. The smallest absolute Gasteiger partial charge is 0.368 e. The Morgan fingerprint density at radius 3 is 1.96 bits per heavy atom. The number of rotatable bonds is 5. The number of aliphatic hydroxyl groups excluding tert-OH is 8. The first kappa shape index (κ1) is 19.8. The summed E-state index contributed by atoms with van der Waals surface area (Å²) in [5, 5.41) is 87.0. The van der Waals surface area contributed by atoms with E-state index in [4.69, 9.17) is 19.7 Å². The number of hydrogen-bond acceptors (Lipinski definition) is 11. The molecule has 2 saturated heterocycles. The first-order chi connectivity index (χ1) is 11.2. The van der Waals surface area contributed by atoms with Gasteiger partial charge in [-0.2, -0.15) is 0 Å². The van der Waals surface area contributed by atoms with Crippen molar-refractivity contribution in [3.63, 3.8) is 0 Å². The molecule has 9 atom stereocenters. The fraction of sp³-hybridized carbons (Fsp3) is 1.00. The van der Waals surface area contributed by atoms with E-state index in [2.05, 4.69) is 0 Å². The third-order valence-corrected chi connectivity index (χ3v) is 4.36. The molecule has 2 heterocycles. The third-order valence-electron chi connectivity index (χ3n) is 4.36. The van der Waals surface area contributed by atoms with Gasteiger partial charge in [0, 0.05) is 0 Å². The first-order valence-electron chi connectivity index (χ1n) is 7.23. The zero-order chi connectivity index (χ0) is 18.2. The minimum Gasteiger partial charge on any atom is -0.394 e. The first-order valence-corrected chi connectivity index (χ1v) is 7.23. The highest BCUT2D eigenvalue weighted by molar-refractivity contribution is 4.99. The Balaban J connectivity index is 2.26. The molecule has 0 aromatic carbocycles. The van der Waals surface area contributed by atoms with Crippen LogP contribution in [-0.4, -0.2) is 121 Å². The average Bonchev–Trinajstić information content (AvgIpc) is 2.76. The molecule has 0 saturated carbocycles. The second-order valence-corrected chi connectivity index (χ2v) is 5.76. The molecule has 0 unspecified atom stereocenters. The van der Waals surface area contributed by atoms with Gasteiger partial charge >= 0.3 is 5.79 Å². The Kier molecular flexibility index (Phi) is 6.12. The molecule has 0 aliphatic carbocycles. The van der Waals surface area contributed by atoms with E-state index < -0.39 is 74.6 Å². The van der Waals surface area contributed by atoms with Crippen molar-refractivity contribution in [1.82, 2.24) is 0 Å². The van der Waals surface area contributed by atoms with Crippen LogP contribution in [0.2, 0.25) is 0 Å². The fourth-order valence-electron chi connectivity index (χ4n) is 2.83. The summed E-state index contributed by atoms with van der Waals surface area (Å²) in [6.07, 6.45) is -13.6. The Bertz CT molecular complexity index is 421. The van der Waals surface area contributed by atoms with Gasteiger partial charge in [0.25, 0.3) is 0 Å². The molecule has 0 amide bonds. The highest BCUT2D eigenvalue weighted by atomic mass is 17.3. The Labute approximate surface area is 135 Å². The van der Waals surface area contributed by atoms with Crippen LogP contribution in [0.4, 0.5) is 0 Å². The van der Waals surface area contributed by atoms with Gasteiger partial charge < -0.3 is 45.6 Å². The molecule has 0 bridgehead atoms. The molecule has 12 nitrogen and oxygen atoms in total. The van der Waals surface area contributed by atoms with Crippen molar-refractivity contribution in [1.29, 1.82) is 0 Å². The van der Waals surface area contributed by atoms with E-state index >= 15 is 0 Å². The van der Waals surface area contributed by atoms with E-state index in [-0.39, 0.29) is 0 Å². The summed E-state index contributed by atoms with van der Waals surface area (Å²) in [6.45, 7) is -2.67. The van der Waals surface area contributed by atoms with Crippen LogP contribution in [-0.2, 0) is 14.0 Å². The topological polar surface area (TPSA) is 203 Å². The van der Waals surface area contributed by atoms with Gasteiger partial charge in [0.05, 0.1) is 6.61 Å². The molecule has 142 valence electrons. The summed E-state index contributed by atoms with van der Waals surface area (Å²) in [5.74, 6) is -2.46. The highest BCUT2D eigenvalue weighted by Gasteiger charge is 2.70. The predicted molar refractivity (Wildman–Crippen MR) is 71.3 cm³/mol. The van der Waals surface area contributed by atoms with Crippen LogP contribution in [0.3, 0.4) is 0 Å². The zero-order valence-electron chi connectivity index (χ0n) is 12.5. The fourth-order valence-corrected chi connectivity index (χ4v) is 2.83. The van der Waals surface area contributed by atoms with Gasteiger partial charge in [-0.05, 0) is 0 Å². The van der Waals surface area contributed by atoms with Crippen molar-refractivity contribution in [2.45, 2.75) is 54.8 Å². The Morgan fingerprint density at radius 2 is 1.50 bits per heavy atom. The molecule has 0 aromatic heterocycles. The van der Waals surface area contributed by atoms with Crippen LogP contribution in [0.1, 0.15) is 0 Å². The normalized spacial score (nSPS) is 50.4. The summed E-state index contributed by atoms with van der Waals surface area (Å²) in [7, 11) is 0. The summed E-state index contributed by atoms with van der Waals surface area (Å²) in [5.41, 5.74) is 0. The van der Waals surface area contributed by atoms with Gasteiger partial charge in [-0.3, -0.25) is 4.74 Å². The lowest BCUT2D eigenvalue weighted by molar-refractivity contribution is -0.575. The maximum atomic E-state index is 10.1. The van der Waals surface area contributed by atoms with Gasteiger partial charge in [0.15, 0.2) is 25.1 Å². The van der Waals surface area contributed by atoms with E-state index in [1.165, 1.54) is 0 Å². The van der Waals surface area contributed by atoms with Crippen molar-refractivity contribution >= 4 is 0 Å². The largest absolute Gasteiger partial charge is 0.394 e. The van der Waals surface area contributed by atoms with E-state index in [0.29, 0.717) is 0 Å². The van der Waals surface area contributed by atoms with Crippen molar-refractivity contribution in [3.05, 3.63) is 0 Å². The maximum absolute atomic E-state index is 10.1. The van der Waals surface area contributed by atoms with E-state index in [1.54, 1.807) is 0 Å². The van der Waals surface area contributed by atoms with Gasteiger partial charge in [-0.1, -0.05) is 0 Å². The second kappa shape index (κ2) is 7.41. The summed E-state index contributed by atoms with van der Waals surface area (Å²) < 4.78 is 11.4. The van der Waals surface area contributed by atoms with Crippen molar-refractivity contribution in [3.8, 4) is 0 Å². The summed E-state index contributed by atoms with van der Waals surface area (Å²) in [6, 6.07) is 0. The molecular formula is C12H23O12+. The number of aliphatic hydroxyl groups is 8. The van der Waals surface area contributed by atoms with Crippen LogP contribution in [0.5, 0.6) is 0 Å². The van der Waals surface area contributed by atoms with Crippen LogP contribution in [0.25, 0.3) is 0 Å². The molecule has 2 rings (SSSR count). The SMILES string of the molecule is OC[C@@H]1[C@@H](O)[C@H](O)[C@](CO)(O[C@H]2O[C@H](CO)[C@@H](O)[C@H](O)[C@H]2O)[O+]1O. The predicted octanol–water partition coefficient (Wildman–Crippen LogP) is -5.39. The van der Waals surface area contributed by atoms with Gasteiger partial charge in [0.2, 0.25) is 6.10 Å². The molecule has 24 heavy (non-hydrogen) atoms. The molecular weight excluding hydrogens is 336 g/mol. The van der Waals surface area contributed by atoms with Gasteiger partial charge in [-0.25, -0.2) is 4.52 Å². The molecule has 0 radical (unpaired) electrons. The van der Waals surface area contributed by atoms with E-state index in [1.807, 2.05) is 0 Å². The second-order valence-electron chi connectivity index (χ2n) is 5.76. The lowest BCUT2D eigenvalue weighted by Gasteiger charge is -2.42. The number of hydrogen-bond donors (Lipinski definition) is 9.